The lowest BCUT2D eigenvalue weighted by Crippen LogP contribution is -2.55. The summed E-state index contributed by atoms with van der Waals surface area (Å²) in [7, 11) is 0. The highest BCUT2D eigenvalue weighted by Crippen LogP contribution is 2.17. The van der Waals surface area contributed by atoms with Gasteiger partial charge in [-0.25, -0.2) is 9.59 Å². The summed E-state index contributed by atoms with van der Waals surface area (Å²) in [5, 5.41) is 28.3. The average Bonchev–Trinajstić information content (AvgIpc) is 2.43. The third-order valence-electron chi connectivity index (χ3n) is 3.03. The van der Waals surface area contributed by atoms with E-state index in [1.54, 1.807) is 0 Å². The molecule has 0 aliphatic carbocycles. The molecule has 9 heteroatoms. The van der Waals surface area contributed by atoms with E-state index in [0.717, 1.165) is 4.90 Å². The molecule has 1 aliphatic heterocycles. The summed E-state index contributed by atoms with van der Waals surface area (Å²) in [5.74, 6) is -5.03. The Hall–Kier alpha value is -2.16. The second-order valence-electron chi connectivity index (χ2n) is 4.40. The van der Waals surface area contributed by atoms with Gasteiger partial charge in [-0.2, -0.15) is 0 Å². The molecule has 0 saturated carbocycles. The van der Waals surface area contributed by atoms with Crippen LogP contribution < -0.4 is 5.32 Å². The monoisotopic (exact) mass is 288 g/mol. The predicted molar refractivity (Wildman–Crippen MR) is 63.6 cm³/mol. The molecule has 1 rings (SSSR count). The zero-order valence-electron chi connectivity index (χ0n) is 10.6. The summed E-state index contributed by atoms with van der Waals surface area (Å²) in [6.07, 6.45) is 1.46. The lowest BCUT2D eigenvalue weighted by Gasteiger charge is -2.32. The number of nitrogens with one attached hydrogen (secondary N) is 1. The van der Waals surface area contributed by atoms with E-state index < -0.39 is 42.4 Å². The van der Waals surface area contributed by atoms with Gasteiger partial charge in [0.2, 0.25) is 0 Å². The number of carboxylic acids is 2. The van der Waals surface area contributed by atoms with Crippen LogP contribution in [0.1, 0.15) is 19.3 Å². The molecule has 0 aromatic carbocycles. The maximum Gasteiger partial charge on any atom is 0.328 e. The number of rotatable bonds is 4. The normalized spacial score (nSPS) is 20.1. The van der Waals surface area contributed by atoms with Crippen molar-refractivity contribution < 1.29 is 34.5 Å². The highest BCUT2D eigenvalue weighted by Gasteiger charge is 2.36. The number of likely N-dealkylation sites (tertiary alicyclic amines) is 1. The summed E-state index contributed by atoms with van der Waals surface area (Å²) in [5.41, 5.74) is 0. The van der Waals surface area contributed by atoms with E-state index in [2.05, 4.69) is 0 Å². The molecule has 2 atom stereocenters. The van der Waals surface area contributed by atoms with Crippen molar-refractivity contribution >= 4 is 23.8 Å². The van der Waals surface area contributed by atoms with Crippen molar-refractivity contribution in [3.05, 3.63) is 0 Å². The van der Waals surface area contributed by atoms with E-state index in [-0.39, 0.29) is 13.0 Å². The maximum atomic E-state index is 11.9. The molecule has 0 aromatic heterocycles. The van der Waals surface area contributed by atoms with Crippen LogP contribution >= 0.6 is 0 Å². The number of aliphatic hydroxyl groups excluding tert-OH is 1. The minimum absolute atomic E-state index is 0.125. The highest BCUT2D eigenvalue weighted by molar-refractivity contribution is 6.35. The molecule has 4 N–H and O–H groups in total. The van der Waals surface area contributed by atoms with Gasteiger partial charge in [0, 0.05) is 6.54 Å². The molecular weight excluding hydrogens is 272 g/mol. The number of carbonyl (C=O) groups excluding carboxylic acids is 2. The minimum Gasteiger partial charge on any atom is -0.480 e. The molecule has 1 saturated heterocycles. The van der Waals surface area contributed by atoms with Gasteiger partial charge in [-0.3, -0.25) is 9.59 Å². The Bertz CT molecular complexity index is 423. The predicted octanol–water partition coefficient (Wildman–Crippen LogP) is -1.99. The smallest absolute Gasteiger partial charge is 0.328 e. The summed E-state index contributed by atoms with van der Waals surface area (Å²) in [6, 6.07) is -2.68. The number of hydrogen-bond donors (Lipinski definition) is 4. The molecule has 0 radical (unpaired) electrons. The van der Waals surface area contributed by atoms with Crippen molar-refractivity contribution in [2.75, 3.05) is 13.2 Å². The fourth-order valence-corrected chi connectivity index (χ4v) is 1.97. The van der Waals surface area contributed by atoms with E-state index in [0.29, 0.717) is 12.8 Å². The van der Waals surface area contributed by atoms with Crippen LogP contribution in [0.5, 0.6) is 0 Å². The first-order valence-corrected chi connectivity index (χ1v) is 6.06. The van der Waals surface area contributed by atoms with Crippen molar-refractivity contribution in [1.29, 1.82) is 0 Å². The quantitative estimate of drug-likeness (QED) is 0.438. The van der Waals surface area contributed by atoms with Crippen molar-refractivity contribution in [3.63, 3.8) is 0 Å². The third-order valence-corrected chi connectivity index (χ3v) is 3.03. The van der Waals surface area contributed by atoms with E-state index in [1.165, 1.54) is 0 Å². The minimum atomic E-state index is -1.60. The van der Waals surface area contributed by atoms with Crippen LogP contribution in [-0.4, -0.2) is 69.2 Å². The molecule has 0 bridgehead atoms. The van der Waals surface area contributed by atoms with Crippen LogP contribution in [0.15, 0.2) is 0 Å². The maximum absolute atomic E-state index is 11.9. The molecule has 112 valence electrons. The number of aliphatic carboxylic acids is 2. The van der Waals surface area contributed by atoms with Gasteiger partial charge in [0.1, 0.15) is 6.04 Å². The summed E-state index contributed by atoms with van der Waals surface area (Å²) >= 11 is 0. The van der Waals surface area contributed by atoms with E-state index in [1.807, 2.05) is 5.32 Å². The topological polar surface area (TPSA) is 144 Å². The largest absolute Gasteiger partial charge is 0.480 e. The SMILES string of the molecule is O=C(NC(CO)C(=O)O)C(=O)N1CCCC[C@H]1C(=O)O. The van der Waals surface area contributed by atoms with Crippen LogP contribution in [0, 0.1) is 0 Å². The van der Waals surface area contributed by atoms with Crippen LogP contribution in [-0.2, 0) is 19.2 Å². The van der Waals surface area contributed by atoms with Gasteiger partial charge in [0.25, 0.3) is 0 Å². The van der Waals surface area contributed by atoms with E-state index >= 15 is 0 Å². The van der Waals surface area contributed by atoms with Crippen LogP contribution in [0.25, 0.3) is 0 Å². The Morgan fingerprint density at radius 2 is 1.85 bits per heavy atom. The number of carbonyl (C=O) groups is 4. The van der Waals surface area contributed by atoms with Gasteiger partial charge >= 0.3 is 23.8 Å². The molecule has 9 nitrogen and oxygen atoms in total. The molecule has 1 fully saturated rings. The molecule has 0 aromatic rings. The number of nitrogens with zero attached hydrogens (tertiary/aromatic N) is 1. The Balaban J connectivity index is 2.74. The summed E-state index contributed by atoms with van der Waals surface area (Å²) in [6.45, 7) is -0.739. The van der Waals surface area contributed by atoms with Crippen molar-refractivity contribution in [2.45, 2.75) is 31.3 Å². The lowest BCUT2D eigenvalue weighted by molar-refractivity contribution is -0.157. The second kappa shape index (κ2) is 6.85. The Kier molecular flexibility index (Phi) is 5.44. The van der Waals surface area contributed by atoms with Gasteiger partial charge in [-0.15, -0.1) is 0 Å². The second-order valence-corrected chi connectivity index (χ2v) is 4.40. The van der Waals surface area contributed by atoms with Crippen LogP contribution in [0.2, 0.25) is 0 Å². The molecule has 1 unspecified atom stereocenters. The fourth-order valence-electron chi connectivity index (χ4n) is 1.97. The number of amides is 2. The number of hydrogen-bond acceptors (Lipinski definition) is 5. The van der Waals surface area contributed by atoms with E-state index in [4.69, 9.17) is 15.3 Å². The van der Waals surface area contributed by atoms with E-state index in [9.17, 15) is 19.2 Å². The van der Waals surface area contributed by atoms with Gasteiger partial charge in [-0.1, -0.05) is 0 Å². The molecular formula is C11H16N2O7. The first-order valence-electron chi connectivity index (χ1n) is 6.06. The summed E-state index contributed by atoms with van der Waals surface area (Å²) < 4.78 is 0. The number of piperidine rings is 1. The Morgan fingerprint density at radius 3 is 2.35 bits per heavy atom. The Morgan fingerprint density at radius 1 is 1.20 bits per heavy atom. The summed E-state index contributed by atoms with van der Waals surface area (Å²) in [4.78, 5) is 46.1. The molecule has 0 spiro atoms. The number of aliphatic hydroxyl groups is 1. The number of carboxylic acid groups (broad SMARTS) is 2. The van der Waals surface area contributed by atoms with Gasteiger partial charge in [0.05, 0.1) is 6.61 Å². The molecule has 1 aliphatic rings. The van der Waals surface area contributed by atoms with Crippen LogP contribution in [0.3, 0.4) is 0 Å². The van der Waals surface area contributed by atoms with Crippen LogP contribution in [0.4, 0.5) is 0 Å². The molecule has 20 heavy (non-hydrogen) atoms. The molecule has 1 heterocycles. The highest BCUT2D eigenvalue weighted by atomic mass is 16.4. The van der Waals surface area contributed by atoms with Gasteiger partial charge < -0.3 is 25.5 Å². The van der Waals surface area contributed by atoms with Gasteiger partial charge in [0.15, 0.2) is 6.04 Å². The van der Waals surface area contributed by atoms with Crippen molar-refractivity contribution in [1.82, 2.24) is 10.2 Å². The fraction of sp³-hybridized carbons (Fsp3) is 0.636. The van der Waals surface area contributed by atoms with Crippen molar-refractivity contribution in [3.8, 4) is 0 Å². The van der Waals surface area contributed by atoms with Gasteiger partial charge in [-0.05, 0) is 19.3 Å². The van der Waals surface area contributed by atoms with Crippen molar-refractivity contribution in [2.24, 2.45) is 0 Å². The molecule has 2 amide bonds. The zero-order valence-corrected chi connectivity index (χ0v) is 10.6. The average molecular weight is 288 g/mol. The first kappa shape index (κ1) is 15.9. The lowest BCUT2D eigenvalue weighted by atomic mass is 10.0. The zero-order chi connectivity index (χ0) is 15.3. The third kappa shape index (κ3) is 3.67. The standard InChI is InChI=1S/C11H16N2O7/c14-5-6(10(17)18)12-8(15)9(16)13-4-2-1-3-7(13)11(19)20/h6-7,14H,1-5H2,(H,12,15)(H,17,18)(H,19,20)/t6?,7-/m0/s1. The Labute approximate surface area is 114 Å². The first-order chi connectivity index (χ1) is 9.38.